The SMILES string of the molecule is C=CCc1cc(/C=C2/NC(=O)N(CC=C)C2=O)cc(OC)c1OCc1ccc(Cl)c(Cl)c1. The number of nitrogens with zero attached hydrogens (tertiary/aromatic N) is 1. The van der Waals surface area contributed by atoms with Crippen LogP contribution in [0.2, 0.25) is 10.0 Å². The largest absolute Gasteiger partial charge is 0.493 e. The van der Waals surface area contributed by atoms with Crippen molar-refractivity contribution in [2.75, 3.05) is 13.7 Å². The molecule has 0 atom stereocenters. The van der Waals surface area contributed by atoms with Gasteiger partial charge in [-0.15, -0.1) is 13.2 Å². The Morgan fingerprint density at radius 2 is 1.88 bits per heavy atom. The Bertz CT molecular complexity index is 1110. The monoisotopic (exact) mass is 472 g/mol. The summed E-state index contributed by atoms with van der Waals surface area (Å²) in [6, 6.07) is 8.39. The molecule has 2 aromatic carbocycles. The minimum absolute atomic E-state index is 0.133. The molecule has 32 heavy (non-hydrogen) atoms. The van der Waals surface area contributed by atoms with Crippen molar-refractivity contribution in [3.63, 3.8) is 0 Å². The van der Waals surface area contributed by atoms with Crippen molar-refractivity contribution in [3.8, 4) is 11.5 Å². The lowest BCUT2D eigenvalue weighted by Crippen LogP contribution is -2.30. The lowest BCUT2D eigenvalue weighted by Gasteiger charge is -2.16. The molecule has 1 heterocycles. The lowest BCUT2D eigenvalue weighted by atomic mass is 10.0. The van der Waals surface area contributed by atoms with E-state index >= 15 is 0 Å². The maximum absolute atomic E-state index is 12.5. The summed E-state index contributed by atoms with van der Waals surface area (Å²) in [6.07, 6.45) is 5.34. The molecule has 0 unspecified atom stereocenters. The molecule has 1 saturated heterocycles. The fourth-order valence-electron chi connectivity index (χ4n) is 3.21. The Hall–Kier alpha value is -3.22. The molecule has 6 nitrogen and oxygen atoms in total. The summed E-state index contributed by atoms with van der Waals surface area (Å²) in [7, 11) is 1.53. The smallest absolute Gasteiger partial charge is 0.329 e. The first-order chi connectivity index (χ1) is 15.4. The van der Waals surface area contributed by atoms with Crippen LogP contribution >= 0.6 is 23.2 Å². The van der Waals surface area contributed by atoms with Crippen molar-refractivity contribution in [1.29, 1.82) is 0 Å². The number of halogens is 2. The zero-order valence-corrected chi connectivity index (χ0v) is 19.0. The molecule has 3 amide bonds. The van der Waals surface area contributed by atoms with Crippen molar-refractivity contribution in [2.24, 2.45) is 0 Å². The summed E-state index contributed by atoms with van der Waals surface area (Å²) in [6.45, 7) is 7.76. The molecular formula is C24H22Cl2N2O4. The Balaban J connectivity index is 1.92. The first-order valence-electron chi connectivity index (χ1n) is 9.72. The van der Waals surface area contributed by atoms with E-state index in [-0.39, 0.29) is 18.8 Å². The molecule has 0 aromatic heterocycles. The molecule has 0 saturated carbocycles. The second-order valence-electron chi connectivity index (χ2n) is 6.93. The van der Waals surface area contributed by atoms with Crippen molar-refractivity contribution in [2.45, 2.75) is 13.0 Å². The zero-order valence-electron chi connectivity index (χ0n) is 17.5. The molecule has 1 aliphatic rings. The van der Waals surface area contributed by atoms with E-state index in [1.165, 1.54) is 13.2 Å². The summed E-state index contributed by atoms with van der Waals surface area (Å²) in [5.74, 6) is 0.616. The topological polar surface area (TPSA) is 67.9 Å². The van der Waals surface area contributed by atoms with E-state index in [1.54, 1.807) is 30.4 Å². The van der Waals surface area contributed by atoms with Gasteiger partial charge in [0.15, 0.2) is 11.5 Å². The average molecular weight is 473 g/mol. The van der Waals surface area contributed by atoms with Crippen LogP contribution in [-0.4, -0.2) is 30.5 Å². The van der Waals surface area contributed by atoms with Crippen LogP contribution in [-0.2, 0) is 17.8 Å². The van der Waals surface area contributed by atoms with E-state index in [4.69, 9.17) is 32.7 Å². The zero-order chi connectivity index (χ0) is 23.3. The molecule has 0 spiro atoms. The number of methoxy groups -OCH3 is 1. The van der Waals surface area contributed by atoms with Gasteiger partial charge in [0.05, 0.1) is 17.2 Å². The van der Waals surface area contributed by atoms with Crippen LogP contribution in [0.25, 0.3) is 6.08 Å². The number of urea groups is 1. The predicted octanol–water partition coefficient (Wildman–Crippen LogP) is 5.39. The van der Waals surface area contributed by atoms with Gasteiger partial charge in [-0.25, -0.2) is 4.79 Å². The van der Waals surface area contributed by atoms with Gasteiger partial charge in [-0.3, -0.25) is 9.69 Å². The highest BCUT2D eigenvalue weighted by Gasteiger charge is 2.32. The first kappa shape index (κ1) is 23.4. The van der Waals surface area contributed by atoms with Crippen LogP contribution in [0.4, 0.5) is 4.79 Å². The summed E-state index contributed by atoms with van der Waals surface area (Å²) in [4.78, 5) is 25.6. The van der Waals surface area contributed by atoms with Gasteiger partial charge in [0, 0.05) is 12.1 Å². The normalized spacial score (nSPS) is 14.5. The summed E-state index contributed by atoms with van der Waals surface area (Å²) >= 11 is 12.1. The van der Waals surface area contributed by atoms with Crippen LogP contribution < -0.4 is 14.8 Å². The average Bonchev–Trinajstić information content (AvgIpc) is 3.03. The fourth-order valence-corrected chi connectivity index (χ4v) is 3.53. The van der Waals surface area contributed by atoms with Crippen molar-refractivity contribution >= 4 is 41.2 Å². The molecule has 166 valence electrons. The standard InChI is InChI=1S/C24H22Cl2N2O4/c1-4-6-17-10-16(12-20-23(29)28(9-5-2)24(30)27-20)13-21(31-3)22(17)32-14-15-7-8-18(25)19(26)11-15/h4-5,7-8,10-13H,1-2,6,9,14H2,3H3,(H,27,30)/b20-12+. The molecule has 1 N–H and O–H groups in total. The number of benzene rings is 2. The Labute approximate surface area is 196 Å². The number of hydrogen-bond acceptors (Lipinski definition) is 4. The Morgan fingerprint density at radius 1 is 1.09 bits per heavy atom. The third-order valence-electron chi connectivity index (χ3n) is 4.69. The van der Waals surface area contributed by atoms with E-state index in [1.807, 2.05) is 12.1 Å². The van der Waals surface area contributed by atoms with Gasteiger partial charge in [-0.1, -0.05) is 41.4 Å². The van der Waals surface area contributed by atoms with Crippen LogP contribution in [0.5, 0.6) is 11.5 Å². The van der Waals surface area contributed by atoms with Crippen molar-refractivity contribution in [3.05, 3.63) is 88.1 Å². The third-order valence-corrected chi connectivity index (χ3v) is 5.43. The molecular weight excluding hydrogens is 451 g/mol. The maximum Gasteiger partial charge on any atom is 0.329 e. The number of allylic oxidation sites excluding steroid dienone is 1. The highest BCUT2D eigenvalue weighted by Crippen LogP contribution is 2.35. The molecule has 3 rings (SSSR count). The highest BCUT2D eigenvalue weighted by atomic mass is 35.5. The van der Waals surface area contributed by atoms with Gasteiger partial charge >= 0.3 is 6.03 Å². The minimum atomic E-state index is -0.485. The van der Waals surface area contributed by atoms with Gasteiger partial charge in [-0.05, 0) is 47.9 Å². The number of amides is 3. The van der Waals surface area contributed by atoms with Crippen LogP contribution in [0.1, 0.15) is 16.7 Å². The second kappa shape index (κ2) is 10.4. The van der Waals surface area contributed by atoms with Crippen LogP contribution in [0.3, 0.4) is 0 Å². The van der Waals surface area contributed by atoms with Crippen molar-refractivity contribution < 1.29 is 19.1 Å². The van der Waals surface area contributed by atoms with Gasteiger partial charge in [0.1, 0.15) is 12.3 Å². The summed E-state index contributed by atoms with van der Waals surface area (Å²) < 4.78 is 11.6. The predicted molar refractivity (Wildman–Crippen MR) is 126 cm³/mol. The van der Waals surface area contributed by atoms with E-state index in [0.29, 0.717) is 33.5 Å². The van der Waals surface area contributed by atoms with E-state index in [2.05, 4.69) is 18.5 Å². The Morgan fingerprint density at radius 3 is 2.53 bits per heavy atom. The number of nitrogens with one attached hydrogen (secondary N) is 1. The summed E-state index contributed by atoms with van der Waals surface area (Å²) in [5.41, 5.74) is 2.50. The van der Waals surface area contributed by atoms with E-state index in [0.717, 1.165) is 16.0 Å². The van der Waals surface area contributed by atoms with Crippen LogP contribution in [0.15, 0.2) is 61.3 Å². The second-order valence-corrected chi connectivity index (χ2v) is 7.75. The number of ether oxygens (including phenoxy) is 2. The van der Waals surface area contributed by atoms with Gasteiger partial charge in [0.2, 0.25) is 0 Å². The molecule has 0 bridgehead atoms. The Kier molecular flexibility index (Phi) is 7.62. The van der Waals surface area contributed by atoms with Crippen LogP contribution in [0, 0.1) is 0 Å². The first-order valence-corrected chi connectivity index (χ1v) is 10.5. The molecule has 8 heteroatoms. The maximum atomic E-state index is 12.5. The van der Waals surface area contributed by atoms with E-state index < -0.39 is 11.9 Å². The lowest BCUT2D eigenvalue weighted by molar-refractivity contribution is -0.122. The molecule has 1 aliphatic heterocycles. The fraction of sp³-hybridized carbons (Fsp3) is 0.167. The highest BCUT2D eigenvalue weighted by molar-refractivity contribution is 6.42. The molecule has 0 radical (unpaired) electrons. The molecule has 2 aromatic rings. The molecule has 0 aliphatic carbocycles. The summed E-state index contributed by atoms with van der Waals surface area (Å²) in [5, 5.41) is 3.50. The van der Waals surface area contributed by atoms with Crippen molar-refractivity contribution in [1.82, 2.24) is 10.2 Å². The number of imide groups is 1. The van der Waals surface area contributed by atoms with Gasteiger partial charge in [-0.2, -0.15) is 0 Å². The van der Waals surface area contributed by atoms with Gasteiger partial charge < -0.3 is 14.8 Å². The number of carbonyl (C=O) groups excluding carboxylic acids is 2. The number of rotatable bonds is 9. The number of hydrogen-bond donors (Lipinski definition) is 1. The quantitative estimate of drug-likeness (QED) is 0.301. The molecule has 1 fully saturated rings. The van der Waals surface area contributed by atoms with Gasteiger partial charge in [0.25, 0.3) is 5.91 Å². The van der Waals surface area contributed by atoms with E-state index in [9.17, 15) is 9.59 Å². The minimum Gasteiger partial charge on any atom is -0.493 e. The number of carbonyl (C=O) groups is 2. The third kappa shape index (κ3) is 5.15.